The van der Waals surface area contributed by atoms with E-state index in [1.807, 2.05) is 0 Å². The van der Waals surface area contributed by atoms with Crippen LogP contribution in [0.15, 0.2) is 35.5 Å². The van der Waals surface area contributed by atoms with E-state index in [0.717, 1.165) is 5.39 Å². The molecule has 0 bridgehead atoms. The topological polar surface area (TPSA) is 68.0 Å². The van der Waals surface area contributed by atoms with Gasteiger partial charge in [-0.15, -0.1) is 0 Å². The summed E-state index contributed by atoms with van der Waals surface area (Å²) in [5.74, 6) is 0.0591. The number of hydrogen-bond donors (Lipinski definition) is 1. The first kappa shape index (κ1) is 13.6. The molecule has 5 nitrogen and oxygen atoms in total. The summed E-state index contributed by atoms with van der Waals surface area (Å²) in [5.41, 5.74) is 2.21. The molecule has 0 amide bonds. The molecule has 6 heteroatoms. The normalized spacial score (nSPS) is 11.0. The second kappa shape index (κ2) is 4.86. The van der Waals surface area contributed by atoms with Crippen molar-refractivity contribution in [3.8, 4) is 16.9 Å². The van der Waals surface area contributed by atoms with Crippen LogP contribution in [0.25, 0.3) is 22.0 Å². The molecule has 3 aromatic heterocycles. The average molecular weight is 302 g/mol. The Balaban J connectivity index is 2.39. The Hall–Kier alpha value is -2.40. The summed E-state index contributed by atoms with van der Waals surface area (Å²) in [6, 6.07) is 3.39. The smallest absolute Gasteiger partial charge is 0.258 e. The van der Waals surface area contributed by atoms with Gasteiger partial charge in [0.2, 0.25) is 0 Å². The highest BCUT2D eigenvalue weighted by Gasteiger charge is 2.13. The minimum atomic E-state index is -0.180. The highest BCUT2D eigenvalue weighted by atomic mass is 35.5. The molecule has 0 atom stereocenters. The highest BCUT2D eigenvalue weighted by Crippen LogP contribution is 2.27. The Bertz CT molecular complexity index is 919. The summed E-state index contributed by atoms with van der Waals surface area (Å²) < 4.78 is 1.52. The second-order valence-electron chi connectivity index (χ2n) is 4.82. The van der Waals surface area contributed by atoms with E-state index in [1.165, 1.54) is 10.8 Å². The molecule has 0 spiro atoms. The SMILES string of the molecule is Cc1c(O)cncc1-c1cc2cnc(Cl)cc2n(C)c1=O. The monoisotopic (exact) mass is 301 g/mol. The number of aromatic nitrogens is 3. The number of aryl methyl sites for hydroxylation is 1. The van der Waals surface area contributed by atoms with Crippen LogP contribution >= 0.6 is 11.6 Å². The van der Waals surface area contributed by atoms with Gasteiger partial charge in [-0.3, -0.25) is 9.78 Å². The van der Waals surface area contributed by atoms with E-state index in [-0.39, 0.29) is 11.3 Å². The van der Waals surface area contributed by atoms with Crippen molar-refractivity contribution < 1.29 is 5.11 Å². The predicted octanol–water partition coefficient (Wildman–Crippen LogP) is 2.66. The van der Waals surface area contributed by atoms with Crippen molar-refractivity contribution in [3.05, 3.63) is 51.8 Å². The number of fused-ring (bicyclic) bond motifs is 1. The van der Waals surface area contributed by atoms with Crippen LogP contribution in [0.3, 0.4) is 0 Å². The van der Waals surface area contributed by atoms with E-state index in [2.05, 4.69) is 9.97 Å². The van der Waals surface area contributed by atoms with Crippen LogP contribution in [-0.2, 0) is 7.05 Å². The predicted molar refractivity (Wildman–Crippen MR) is 81.6 cm³/mol. The fraction of sp³-hybridized carbons (Fsp3) is 0.133. The minimum absolute atomic E-state index is 0.0591. The fourth-order valence-corrected chi connectivity index (χ4v) is 2.47. The lowest BCUT2D eigenvalue weighted by Gasteiger charge is -2.11. The van der Waals surface area contributed by atoms with Gasteiger partial charge in [0, 0.05) is 41.5 Å². The van der Waals surface area contributed by atoms with Gasteiger partial charge in [-0.05, 0) is 19.1 Å². The van der Waals surface area contributed by atoms with Crippen LogP contribution < -0.4 is 5.56 Å². The minimum Gasteiger partial charge on any atom is -0.506 e. The van der Waals surface area contributed by atoms with Gasteiger partial charge in [-0.1, -0.05) is 11.6 Å². The van der Waals surface area contributed by atoms with Crippen LogP contribution in [0.4, 0.5) is 0 Å². The van der Waals surface area contributed by atoms with E-state index in [9.17, 15) is 9.90 Å². The van der Waals surface area contributed by atoms with Crippen molar-refractivity contribution in [2.75, 3.05) is 0 Å². The quantitative estimate of drug-likeness (QED) is 0.702. The van der Waals surface area contributed by atoms with Crippen LogP contribution in [0.1, 0.15) is 5.56 Å². The van der Waals surface area contributed by atoms with Crippen LogP contribution in [0.2, 0.25) is 5.15 Å². The van der Waals surface area contributed by atoms with Gasteiger partial charge < -0.3 is 9.67 Å². The molecule has 3 rings (SSSR count). The number of hydrogen-bond acceptors (Lipinski definition) is 4. The molecule has 106 valence electrons. The Morgan fingerprint density at radius 1 is 1.19 bits per heavy atom. The third-order valence-electron chi connectivity index (χ3n) is 3.55. The van der Waals surface area contributed by atoms with Crippen molar-refractivity contribution in [2.24, 2.45) is 7.05 Å². The summed E-state index contributed by atoms with van der Waals surface area (Å²) in [6.07, 6.45) is 4.54. The zero-order chi connectivity index (χ0) is 15.1. The molecule has 0 aromatic carbocycles. The van der Waals surface area contributed by atoms with Gasteiger partial charge in [-0.2, -0.15) is 0 Å². The Kier molecular flexibility index (Phi) is 3.14. The molecule has 0 aliphatic rings. The van der Waals surface area contributed by atoms with Gasteiger partial charge in [0.25, 0.3) is 5.56 Å². The molecular weight excluding hydrogens is 290 g/mol. The van der Waals surface area contributed by atoms with Crippen molar-refractivity contribution in [3.63, 3.8) is 0 Å². The summed E-state index contributed by atoms with van der Waals surface area (Å²) in [5, 5.41) is 10.9. The number of aromatic hydroxyl groups is 1. The first-order chi connectivity index (χ1) is 9.99. The lowest BCUT2D eigenvalue weighted by molar-refractivity contribution is 0.469. The Labute approximate surface area is 125 Å². The number of rotatable bonds is 1. The molecule has 0 radical (unpaired) electrons. The largest absolute Gasteiger partial charge is 0.506 e. The molecule has 3 aromatic rings. The average Bonchev–Trinajstić information content (AvgIpc) is 2.47. The summed E-state index contributed by atoms with van der Waals surface area (Å²) in [4.78, 5) is 20.5. The third-order valence-corrected chi connectivity index (χ3v) is 3.76. The van der Waals surface area contributed by atoms with Gasteiger partial charge in [0.1, 0.15) is 10.9 Å². The lowest BCUT2D eigenvalue weighted by Crippen LogP contribution is -2.19. The molecule has 1 N–H and O–H groups in total. The molecule has 0 aliphatic carbocycles. The highest BCUT2D eigenvalue weighted by molar-refractivity contribution is 6.30. The van der Waals surface area contributed by atoms with E-state index >= 15 is 0 Å². The third kappa shape index (κ3) is 2.15. The Morgan fingerprint density at radius 2 is 1.95 bits per heavy atom. The van der Waals surface area contributed by atoms with E-state index in [0.29, 0.717) is 27.4 Å². The van der Waals surface area contributed by atoms with Gasteiger partial charge >= 0.3 is 0 Å². The van der Waals surface area contributed by atoms with Gasteiger partial charge in [-0.25, -0.2) is 4.98 Å². The van der Waals surface area contributed by atoms with Crippen molar-refractivity contribution >= 4 is 22.5 Å². The first-order valence-corrected chi connectivity index (χ1v) is 6.66. The maximum Gasteiger partial charge on any atom is 0.258 e. The van der Waals surface area contributed by atoms with Crippen molar-refractivity contribution in [1.82, 2.24) is 14.5 Å². The zero-order valence-corrected chi connectivity index (χ0v) is 12.2. The van der Waals surface area contributed by atoms with Gasteiger partial charge in [0.15, 0.2) is 0 Å². The maximum atomic E-state index is 12.5. The zero-order valence-electron chi connectivity index (χ0n) is 11.5. The van der Waals surface area contributed by atoms with Crippen LogP contribution in [0.5, 0.6) is 5.75 Å². The number of pyridine rings is 3. The fourth-order valence-electron chi connectivity index (χ4n) is 2.32. The number of halogens is 1. The lowest BCUT2D eigenvalue weighted by atomic mass is 10.0. The summed E-state index contributed by atoms with van der Waals surface area (Å²) in [7, 11) is 1.68. The van der Waals surface area contributed by atoms with Gasteiger partial charge in [0.05, 0.1) is 11.7 Å². The van der Waals surface area contributed by atoms with E-state index in [4.69, 9.17) is 11.6 Å². The molecule has 0 fully saturated rings. The number of nitrogens with zero attached hydrogens (tertiary/aromatic N) is 3. The molecule has 0 unspecified atom stereocenters. The van der Waals surface area contributed by atoms with Crippen LogP contribution in [0, 0.1) is 6.92 Å². The van der Waals surface area contributed by atoms with Crippen LogP contribution in [-0.4, -0.2) is 19.6 Å². The second-order valence-corrected chi connectivity index (χ2v) is 5.21. The van der Waals surface area contributed by atoms with Crippen molar-refractivity contribution in [2.45, 2.75) is 6.92 Å². The molecule has 0 saturated heterocycles. The van der Waals surface area contributed by atoms with Crippen molar-refractivity contribution in [1.29, 1.82) is 0 Å². The van der Waals surface area contributed by atoms with E-state index < -0.39 is 0 Å². The Morgan fingerprint density at radius 3 is 2.71 bits per heavy atom. The molecule has 0 saturated carbocycles. The molecular formula is C15H12ClN3O2. The molecule has 21 heavy (non-hydrogen) atoms. The summed E-state index contributed by atoms with van der Waals surface area (Å²) in [6.45, 7) is 1.75. The summed E-state index contributed by atoms with van der Waals surface area (Å²) >= 11 is 5.88. The molecule has 3 heterocycles. The molecule has 0 aliphatic heterocycles. The van der Waals surface area contributed by atoms with E-state index in [1.54, 1.807) is 38.5 Å². The maximum absolute atomic E-state index is 12.5. The first-order valence-electron chi connectivity index (χ1n) is 6.28. The standard InChI is InChI=1S/C15H12ClN3O2/c1-8-11(6-17-7-13(8)20)10-3-9-5-18-14(16)4-12(9)19(2)15(10)21/h3-7,20H,1-2H3.